The minimum Gasteiger partial charge on any atom is -0.493 e. The van der Waals surface area contributed by atoms with Crippen LogP contribution in [0.25, 0.3) is 0 Å². The van der Waals surface area contributed by atoms with E-state index in [9.17, 15) is 0 Å². The van der Waals surface area contributed by atoms with Crippen LogP contribution >= 0.6 is 31.9 Å². The maximum absolute atomic E-state index is 5.36. The number of halogens is 2. The van der Waals surface area contributed by atoms with Crippen LogP contribution in [0.1, 0.15) is 24.1 Å². The molecule has 0 spiro atoms. The predicted molar refractivity (Wildman–Crippen MR) is 96.6 cm³/mol. The second-order valence-electron chi connectivity index (χ2n) is 4.92. The van der Waals surface area contributed by atoms with Crippen molar-refractivity contribution in [2.24, 2.45) is 0 Å². The van der Waals surface area contributed by atoms with E-state index in [4.69, 9.17) is 9.47 Å². The molecule has 1 N–H and O–H groups in total. The number of ether oxygens (including phenoxy) is 2. The highest BCUT2D eigenvalue weighted by Gasteiger charge is 2.12. The van der Waals surface area contributed by atoms with Crippen LogP contribution in [0.5, 0.6) is 11.5 Å². The van der Waals surface area contributed by atoms with E-state index >= 15 is 0 Å². The summed E-state index contributed by atoms with van der Waals surface area (Å²) in [5.41, 5.74) is 2.36. The molecular weight excluding hydrogens is 410 g/mol. The minimum atomic E-state index is 0.232. The number of rotatable bonds is 6. The molecule has 0 aliphatic rings. The fourth-order valence-electron chi connectivity index (χ4n) is 2.23. The van der Waals surface area contributed by atoms with Crippen molar-refractivity contribution in [3.8, 4) is 11.5 Å². The number of nitrogens with one attached hydrogen (secondary N) is 1. The zero-order valence-electron chi connectivity index (χ0n) is 12.8. The van der Waals surface area contributed by atoms with Crippen molar-refractivity contribution in [2.75, 3.05) is 14.2 Å². The van der Waals surface area contributed by atoms with Crippen LogP contribution in [-0.2, 0) is 6.54 Å². The first-order valence-electron chi connectivity index (χ1n) is 6.95. The summed E-state index contributed by atoms with van der Waals surface area (Å²) in [6.45, 7) is 2.87. The summed E-state index contributed by atoms with van der Waals surface area (Å²) in [7, 11) is 3.28. The Balaban J connectivity index is 2.13. The molecule has 2 aromatic carbocycles. The maximum atomic E-state index is 5.36. The Bertz CT molecular complexity index is 647. The van der Waals surface area contributed by atoms with E-state index in [1.54, 1.807) is 14.2 Å². The lowest BCUT2D eigenvalue weighted by molar-refractivity contribution is 0.354. The van der Waals surface area contributed by atoms with E-state index in [2.05, 4.69) is 56.2 Å². The fourth-order valence-corrected chi connectivity index (χ4v) is 3.32. The first kappa shape index (κ1) is 17.3. The Morgan fingerprint density at radius 3 is 2.27 bits per heavy atom. The molecule has 0 aliphatic heterocycles. The van der Waals surface area contributed by atoms with Crippen LogP contribution in [0.4, 0.5) is 0 Å². The average Bonchev–Trinajstić information content (AvgIpc) is 2.53. The highest BCUT2D eigenvalue weighted by atomic mass is 79.9. The zero-order chi connectivity index (χ0) is 16.1. The molecule has 22 heavy (non-hydrogen) atoms. The van der Waals surface area contributed by atoms with Crippen molar-refractivity contribution < 1.29 is 9.47 Å². The summed E-state index contributed by atoms with van der Waals surface area (Å²) < 4.78 is 12.8. The molecule has 0 radical (unpaired) electrons. The lowest BCUT2D eigenvalue weighted by Gasteiger charge is -2.17. The standard InChI is InChI=1S/C17H19Br2NO2/c1-11(13-6-4-5-7-14(13)18)20-10-12-8-16(21-2)17(22-3)9-15(12)19/h4-9,11,20H,10H2,1-3H3. The summed E-state index contributed by atoms with van der Waals surface area (Å²) in [6.07, 6.45) is 0. The third-order valence-corrected chi connectivity index (χ3v) is 4.98. The Kier molecular flexibility index (Phi) is 6.29. The number of benzene rings is 2. The molecular formula is C17H19Br2NO2. The van der Waals surface area contributed by atoms with E-state index in [-0.39, 0.29) is 6.04 Å². The van der Waals surface area contributed by atoms with Crippen LogP contribution in [0.2, 0.25) is 0 Å². The number of hydrogen-bond donors (Lipinski definition) is 1. The number of methoxy groups -OCH3 is 2. The van der Waals surface area contributed by atoms with E-state index in [1.807, 2.05) is 24.3 Å². The van der Waals surface area contributed by atoms with Gasteiger partial charge in [-0.3, -0.25) is 0 Å². The Labute approximate surface area is 148 Å². The van der Waals surface area contributed by atoms with Crippen molar-refractivity contribution >= 4 is 31.9 Å². The highest BCUT2D eigenvalue weighted by molar-refractivity contribution is 9.10. The normalized spacial score (nSPS) is 12.0. The van der Waals surface area contributed by atoms with Gasteiger partial charge in [-0.25, -0.2) is 0 Å². The van der Waals surface area contributed by atoms with Gasteiger partial charge in [-0.15, -0.1) is 0 Å². The van der Waals surface area contributed by atoms with Gasteiger partial charge in [0, 0.05) is 21.5 Å². The molecule has 3 nitrogen and oxygen atoms in total. The number of hydrogen-bond acceptors (Lipinski definition) is 3. The maximum Gasteiger partial charge on any atom is 0.161 e. The van der Waals surface area contributed by atoms with Gasteiger partial charge in [-0.05, 0) is 36.2 Å². The van der Waals surface area contributed by atoms with Gasteiger partial charge in [-0.1, -0.05) is 50.1 Å². The molecule has 5 heteroatoms. The van der Waals surface area contributed by atoms with Crippen molar-refractivity contribution in [1.29, 1.82) is 0 Å². The molecule has 0 saturated heterocycles. The molecule has 1 atom stereocenters. The lowest BCUT2D eigenvalue weighted by Crippen LogP contribution is -2.18. The molecule has 0 fully saturated rings. The Hall–Kier alpha value is -1.04. The fraction of sp³-hybridized carbons (Fsp3) is 0.294. The minimum absolute atomic E-state index is 0.232. The van der Waals surface area contributed by atoms with Crippen LogP contribution < -0.4 is 14.8 Å². The smallest absolute Gasteiger partial charge is 0.161 e. The third kappa shape index (κ3) is 4.03. The molecule has 2 rings (SSSR count). The Morgan fingerprint density at radius 2 is 1.64 bits per heavy atom. The second kappa shape index (κ2) is 7.99. The van der Waals surface area contributed by atoms with Gasteiger partial charge < -0.3 is 14.8 Å². The van der Waals surface area contributed by atoms with Crippen LogP contribution in [0.3, 0.4) is 0 Å². The third-order valence-electron chi connectivity index (χ3n) is 3.52. The summed E-state index contributed by atoms with van der Waals surface area (Å²) in [4.78, 5) is 0. The monoisotopic (exact) mass is 427 g/mol. The topological polar surface area (TPSA) is 30.5 Å². The van der Waals surface area contributed by atoms with Gasteiger partial charge in [0.2, 0.25) is 0 Å². The van der Waals surface area contributed by atoms with Gasteiger partial charge in [-0.2, -0.15) is 0 Å². The molecule has 0 heterocycles. The van der Waals surface area contributed by atoms with E-state index < -0.39 is 0 Å². The molecule has 0 aliphatic carbocycles. The average molecular weight is 429 g/mol. The molecule has 0 aromatic heterocycles. The summed E-state index contributed by atoms with van der Waals surface area (Å²) >= 11 is 7.18. The first-order chi connectivity index (χ1) is 10.6. The molecule has 118 valence electrons. The van der Waals surface area contributed by atoms with Crippen LogP contribution in [0.15, 0.2) is 45.3 Å². The highest BCUT2D eigenvalue weighted by Crippen LogP contribution is 2.33. The molecule has 1 unspecified atom stereocenters. The summed E-state index contributed by atoms with van der Waals surface area (Å²) in [5.74, 6) is 1.45. The van der Waals surface area contributed by atoms with Crippen LogP contribution in [-0.4, -0.2) is 14.2 Å². The molecule has 0 amide bonds. The van der Waals surface area contributed by atoms with Crippen molar-refractivity contribution in [1.82, 2.24) is 5.32 Å². The largest absolute Gasteiger partial charge is 0.493 e. The van der Waals surface area contributed by atoms with Gasteiger partial charge in [0.15, 0.2) is 11.5 Å². The molecule has 0 bridgehead atoms. The summed E-state index contributed by atoms with van der Waals surface area (Å²) in [5, 5.41) is 3.53. The molecule has 2 aromatic rings. The second-order valence-corrected chi connectivity index (χ2v) is 6.63. The molecule has 0 saturated carbocycles. The van der Waals surface area contributed by atoms with Crippen LogP contribution in [0, 0.1) is 0 Å². The quantitative estimate of drug-likeness (QED) is 0.695. The SMILES string of the molecule is COc1cc(Br)c(CNC(C)c2ccccc2Br)cc1OC. The summed E-state index contributed by atoms with van der Waals surface area (Å²) in [6, 6.07) is 12.4. The van der Waals surface area contributed by atoms with Gasteiger partial charge in [0.1, 0.15) is 0 Å². The predicted octanol–water partition coefficient (Wildman–Crippen LogP) is 5.08. The lowest BCUT2D eigenvalue weighted by atomic mass is 10.1. The van der Waals surface area contributed by atoms with Gasteiger partial charge >= 0.3 is 0 Å². The van der Waals surface area contributed by atoms with Crippen molar-refractivity contribution in [2.45, 2.75) is 19.5 Å². The van der Waals surface area contributed by atoms with Crippen molar-refractivity contribution in [3.05, 3.63) is 56.5 Å². The van der Waals surface area contributed by atoms with Crippen molar-refractivity contribution in [3.63, 3.8) is 0 Å². The van der Waals surface area contributed by atoms with Gasteiger partial charge in [0.05, 0.1) is 14.2 Å². The zero-order valence-corrected chi connectivity index (χ0v) is 16.0. The van der Waals surface area contributed by atoms with E-state index in [0.29, 0.717) is 0 Å². The van der Waals surface area contributed by atoms with E-state index in [1.165, 1.54) is 5.56 Å². The Morgan fingerprint density at radius 1 is 1.00 bits per heavy atom. The van der Waals surface area contributed by atoms with Gasteiger partial charge in [0.25, 0.3) is 0 Å². The van der Waals surface area contributed by atoms with E-state index in [0.717, 1.165) is 32.6 Å². The first-order valence-corrected chi connectivity index (χ1v) is 8.53.